The summed E-state index contributed by atoms with van der Waals surface area (Å²) in [5.74, 6) is 1.17. The second-order valence-corrected chi connectivity index (χ2v) is 4.78. The van der Waals surface area contributed by atoms with Crippen molar-refractivity contribution in [3.63, 3.8) is 0 Å². The molecule has 0 saturated heterocycles. The minimum atomic E-state index is 0. The Hall–Kier alpha value is -1.64. The van der Waals surface area contributed by atoms with Gasteiger partial charge in [-0.05, 0) is 24.0 Å². The van der Waals surface area contributed by atoms with Gasteiger partial charge in [-0.1, -0.05) is 32.0 Å². The van der Waals surface area contributed by atoms with Crippen LogP contribution in [0.5, 0.6) is 0 Å². The molecule has 0 aliphatic rings. The molecule has 22 heavy (non-hydrogen) atoms. The lowest BCUT2D eigenvalue weighted by Crippen LogP contribution is -2.24. The Morgan fingerprint density at radius 1 is 1.27 bits per heavy atom. The molecule has 0 amide bonds. The second-order valence-electron chi connectivity index (χ2n) is 4.78. The van der Waals surface area contributed by atoms with Gasteiger partial charge >= 0.3 is 0 Å². The van der Waals surface area contributed by atoms with E-state index in [0.29, 0.717) is 12.5 Å². The summed E-state index contributed by atoms with van der Waals surface area (Å²) in [6, 6.07) is 6.30. The van der Waals surface area contributed by atoms with Gasteiger partial charge in [0.25, 0.3) is 0 Å². The fourth-order valence-electron chi connectivity index (χ4n) is 2.19. The van der Waals surface area contributed by atoms with E-state index in [-0.39, 0.29) is 24.0 Å². The molecule has 7 heteroatoms. The Morgan fingerprint density at radius 2 is 1.91 bits per heavy atom. The van der Waals surface area contributed by atoms with E-state index in [4.69, 9.17) is 5.73 Å². The molecule has 2 aromatic rings. The standard InChI is InChI=1S/C15H22N6.HI/c1-4-11-7-6-8-12(5-2)14(11)20-15(16)17-9-13-18-10-19-21(13)3;/h6-8,10H,4-5,9H2,1-3H3,(H3,16,17,20);1H. The molecule has 1 heterocycles. The van der Waals surface area contributed by atoms with Gasteiger partial charge in [-0.25, -0.2) is 9.98 Å². The van der Waals surface area contributed by atoms with E-state index >= 15 is 0 Å². The molecule has 3 N–H and O–H groups in total. The number of nitrogens with two attached hydrogens (primary N) is 1. The zero-order valence-electron chi connectivity index (χ0n) is 13.2. The summed E-state index contributed by atoms with van der Waals surface area (Å²) in [6.45, 7) is 4.67. The van der Waals surface area contributed by atoms with E-state index in [2.05, 4.69) is 52.4 Å². The number of rotatable bonds is 5. The van der Waals surface area contributed by atoms with Crippen LogP contribution in [0.3, 0.4) is 0 Å². The van der Waals surface area contributed by atoms with E-state index < -0.39 is 0 Å². The predicted molar refractivity (Wildman–Crippen MR) is 101 cm³/mol. The van der Waals surface area contributed by atoms with Gasteiger partial charge in [-0.3, -0.25) is 4.68 Å². The Morgan fingerprint density at radius 3 is 2.41 bits per heavy atom. The van der Waals surface area contributed by atoms with Crippen LogP contribution in [0.2, 0.25) is 0 Å². The molecule has 0 radical (unpaired) electrons. The number of nitrogens with one attached hydrogen (secondary N) is 1. The molecule has 0 unspecified atom stereocenters. The van der Waals surface area contributed by atoms with Crippen molar-refractivity contribution in [2.24, 2.45) is 17.8 Å². The number of hydrogen-bond acceptors (Lipinski definition) is 3. The maximum atomic E-state index is 6.00. The lowest BCUT2D eigenvalue weighted by molar-refractivity contribution is 0.702. The van der Waals surface area contributed by atoms with Crippen molar-refractivity contribution >= 4 is 35.6 Å². The summed E-state index contributed by atoms with van der Waals surface area (Å²) in [5.41, 5.74) is 9.56. The zero-order chi connectivity index (χ0) is 15.2. The number of aryl methyl sites for hydroxylation is 3. The first-order valence-corrected chi connectivity index (χ1v) is 7.16. The Labute approximate surface area is 148 Å². The van der Waals surface area contributed by atoms with Crippen molar-refractivity contribution < 1.29 is 0 Å². The number of nitrogens with zero attached hydrogens (tertiary/aromatic N) is 4. The van der Waals surface area contributed by atoms with E-state index in [1.165, 1.54) is 17.5 Å². The Kier molecular flexibility index (Phi) is 7.30. The number of aliphatic imine (C=N–C) groups is 1. The van der Waals surface area contributed by atoms with Gasteiger partial charge in [0.1, 0.15) is 18.7 Å². The fraction of sp³-hybridized carbons (Fsp3) is 0.400. The number of hydrogen-bond donors (Lipinski definition) is 2. The van der Waals surface area contributed by atoms with Crippen LogP contribution in [0.15, 0.2) is 29.5 Å². The highest BCUT2D eigenvalue weighted by Crippen LogP contribution is 2.22. The summed E-state index contributed by atoms with van der Waals surface area (Å²) in [4.78, 5) is 8.46. The van der Waals surface area contributed by atoms with Crippen molar-refractivity contribution in [3.05, 3.63) is 41.5 Å². The number of benzene rings is 1. The molecule has 1 aromatic carbocycles. The van der Waals surface area contributed by atoms with Crippen LogP contribution in [0.4, 0.5) is 5.69 Å². The van der Waals surface area contributed by atoms with Gasteiger partial charge in [0, 0.05) is 12.7 Å². The number of guanidine groups is 1. The third-order valence-corrected chi connectivity index (χ3v) is 3.45. The molecule has 0 spiro atoms. The highest BCUT2D eigenvalue weighted by Gasteiger charge is 2.07. The molecule has 0 aliphatic heterocycles. The fourth-order valence-corrected chi connectivity index (χ4v) is 2.19. The first-order valence-electron chi connectivity index (χ1n) is 7.16. The third-order valence-electron chi connectivity index (χ3n) is 3.45. The van der Waals surface area contributed by atoms with Gasteiger partial charge in [0.2, 0.25) is 0 Å². The SMILES string of the molecule is CCc1cccc(CC)c1NC(N)=NCc1ncnn1C.I. The first-order chi connectivity index (χ1) is 10.2. The van der Waals surface area contributed by atoms with Crippen molar-refractivity contribution in [1.82, 2.24) is 14.8 Å². The summed E-state index contributed by atoms with van der Waals surface area (Å²) in [7, 11) is 1.84. The smallest absolute Gasteiger partial charge is 0.193 e. The zero-order valence-corrected chi connectivity index (χ0v) is 15.5. The Balaban J connectivity index is 0.00000242. The molecule has 0 saturated carbocycles. The van der Waals surface area contributed by atoms with E-state index in [0.717, 1.165) is 24.4 Å². The minimum Gasteiger partial charge on any atom is -0.370 e. The van der Waals surface area contributed by atoms with Crippen LogP contribution in [0, 0.1) is 0 Å². The normalized spacial score (nSPS) is 11.1. The Bertz CT molecular complexity index is 612. The topological polar surface area (TPSA) is 81.1 Å². The van der Waals surface area contributed by atoms with E-state index in [9.17, 15) is 0 Å². The number of para-hydroxylation sites is 1. The molecule has 0 bridgehead atoms. The quantitative estimate of drug-likeness (QED) is 0.448. The lowest BCUT2D eigenvalue weighted by atomic mass is 10.0. The molecule has 0 atom stereocenters. The molecule has 6 nitrogen and oxygen atoms in total. The van der Waals surface area contributed by atoms with Crippen LogP contribution >= 0.6 is 24.0 Å². The monoisotopic (exact) mass is 414 g/mol. The summed E-state index contributed by atoms with van der Waals surface area (Å²) >= 11 is 0. The second kappa shape index (κ2) is 8.72. The van der Waals surface area contributed by atoms with Crippen LogP contribution in [-0.4, -0.2) is 20.7 Å². The maximum absolute atomic E-state index is 6.00. The van der Waals surface area contributed by atoms with Gasteiger partial charge in [0.05, 0.1) is 0 Å². The van der Waals surface area contributed by atoms with Gasteiger partial charge in [-0.15, -0.1) is 24.0 Å². The maximum Gasteiger partial charge on any atom is 0.193 e. The number of aromatic nitrogens is 3. The van der Waals surface area contributed by atoms with E-state index in [1.54, 1.807) is 4.68 Å². The van der Waals surface area contributed by atoms with Crippen LogP contribution in [-0.2, 0) is 26.4 Å². The van der Waals surface area contributed by atoms with Gasteiger partial charge in [0.15, 0.2) is 5.96 Å². The van der Waals surface area contributed by atoms with Crippen molar-refractivity contribution in [2.75, 3.05) is 5.32 Å². The molecule has 0 fully saturated rings. The van der Waals surface area contributed by atoms with Crippen molar-refractivity contribution in [3.8, 4) is 0 Å². The van der Waals surface area contributed by atoms with Crippen molar-refractivity contribution in [2.45, 2.75) is 33.2 Å². The molecule has 120 valence electrons. The van der Waals surface area contributed by atoms with Gasteiger partial charge < -0.3 is 11.1 Å². The highest BCUT2D eigenvalue weighted by atomic mass is 127. The average molecular weight is 414 g/mol. The van der Waals surface area contributed by atoms with Crippen LogP contribution in [0.25, 0.3) is 0 Å². The van der Waals surface area contributed by atoms with Gasteiger partial charge in [-0.2, -0.15) is 5.10 Å². The number of halogens is 1. The summed E-state index contributed by atoms with van der Waals surface area (Å²) < 4.78 is 1.69. The van der Waals surface area contributed by atoms with Crippen LogP contribution in [0.1, 0.15) is 30.8 Å². The number of anilines is 1. The van der Waals surface area contributed by atoms with Crippen LogP contribution < -0.4 is 11.1 Å². The minimum absolute atomic E-state index is 0. The predicted octanol–water partition coefficient (Wildman–Crippen LogP) is 2.48. The average Bonchev–Trinajstić information content (AvgIpc) is 2.90. The first kappa shape index (κ1) is 18.4. The molecular formula is C15H23IN6. The van der Waals surface area contributed by atoms with E-state index in [1.807, 2.05) is 7.05 Å². The largest absolute Gasteiger partial charge is 0.370 e. The molecular weight excluding hydrogens is 391 g/mol. The molecule has 0 aliphatic carbocycles. The molecule has 2 rings (SSSR count). The summed E-state index contributed by atoms with van der Waals surface area (Å²) in [6.07, 6.45) is 3.41. The molecule has 1 aromatic heterocycles. The summed E-state index contributed by atoms with van der Waals surface area (Å²) in [5, 5.41) is 7.24. The van der Waals surface area contributed by atoms with Crippen molar-refractivity contribution in [1.29, 1.82) is 0 Å². The third kappa shape index (κ3) is 4.43. The highest BCUT2D eigenvalue weighted by molar-refractivity contribution is 14.0. The lowest BCUT2D eigenvalue weighted by Gasteiger charge is -2.14.